The zero-order valence-corrected chi connectivity index (χ0v) is 31.3. The number of fused-ring (bicyclic) bond motifs is 1. The van der Waals surface area contributed by atoms with Crippen LogP contribution in [0.15, 0.2) is 42.5 Å². The van der Waals surface area contributed by atoms with Gasteiger partial charge in [0.15, 0.2) is 69.7 Å². The van der Waals surface area contributed by atoms with Crippen LogP contribution in [0.4, 0.5) is 83.4 Å². The highest BCUT2D eigenvalue weighted by atomic mass is 32.2. The van der Waals surface area contributed by atoms with Gasteiger partial charge in [-0.3, -0.25) is 4.79 Å². The molecular formula is C39H18BF19O2S. The largest absolute Gasteiger partial charge is 0.392 e. The van der Waals surface area contributed by atoms with Gasteiger partial charge in [0, 0.05) is 11.6 Å². The van der Waals surface area contributed by atoms with Gasteiger partial charge in [0.05, 0.1) is 19.1 Å². The third kappa shape index (κ3) is 7.41. The number of ketones is 1. The van der Waals surface area contributed by atoms with E-state index in [1.807, 2.05) is 36.4 Å². The highest BCUT2D eigenvalue weighted by Crippen LogP contribution is 2.30. The quantitative estimate of drug-likeness (QED) is 0.0419. The summed E-state index contributed by atoms with van der Waals surface area (Å²) in [6, 6.07) is 10.6. The first-order valence-corrected chi connectivity index (χ1v) is 18.9. The van der Waals surface area contributed by atoms with Crippen molar-refractivity contribution in [3.63, 3.8) is 0 Å². The van der Waals surface area contributed by atoms with Crippen LogP contribution in [0.1, 0.15) is 15.9 Å². The summed E-state index contributed by atoms with van der Waals surface area (Å²) >= 11 is 0. The van der Waals surface area contributed by atoms with E-state index in [0.29, 0.717) is 5.75 Å². The predicted molar refractivity (Wildman–Crippen MR) is 188 cm³/mol. The number of aliphatic hydroxyl groups excluding tert-OH is 1. The number of carbonyl (C=O) groups is 1. The summed E-state index contributed by atoms with van der Waals surface area (Å²) in [5.74, 6) is -64.2. The SMILES string of the molecule is C[S+](C)CC(=O)c1ccc(CO)c2ccccc12.Fc1cc(F)c(F)c([B-](c2c(F)c(F)c(F)c(F)c2F)(c2c(F)c(F)c(F)c(F)c2F)c2c(F)c(F)c(F)c(F)c2F)c1F. The fourth-order valence-electron chi connectivity index (χ4n) is 6.93. The number of rotatable bonds is 8. The van der Waals surface area contributed by atoms with E-state index in [1.165, 1.54) is 0 Å². The number of carbonyl (C=O) groups excluding carboxylic acids is 1. The van der Waals surface area contributed by atoms with E-state index in [-0.39, 0.29) is 23.3 Å². The molecule has 0 aliphatic rings. The Morgan fingerprint density at radius 1 is 0.452 bits per heavy atom. The Labute approximate surface area is 337 Å². The molecule has 2 nitrogen and oxygen atoms in total. The van der Waals surface area contributed by atoms with Crippen LogP contribution in [0.5, 0.6) is 0 Å². The molecule has 0 bridgehead atoms. The molecule has 0 spiro atoms. The lowest BCUT2D eigenvalue weighted by molar-refractivity contribution is 0.102. The standard InChI is InChI=1S/C24HBF19.C15H17O2S/c26-2-1-3(27)9(29)4(8(2)28)25(5-10(30)16(36)22(42)17(37)11(5)31,6-12(32)18(38)23(43)19(39)13(6)33)7-14(34)20(40)24(44)21(41)15(7)35;1-18(2)10-15(17)14-8-7-11(9-16)12-5-3-4-6-13(12)14/h1H;3-8,16H,9-10H2,1-2H3/q-1;+1. The lowest BCUT2D eigenvalue weighted by Gasteiger charge is -2.44. The van der Waals surface area contributed by atoms with Crippen LogP contribution < -0.4 is 21.9 Å². The fourth-order valence-corrected chi connectivity index (χ4v) is 7.61. The van der Waals surface area contributed by atoms with E-state index in [9.17, 15) is 58.2 Å². The molecule has 0 heterocycles. The molecule has 1 N–H and O–H groups in total. The van der Waals surface area contributed by atoms with Gasteiger partial charge < -0.3 is 5.11 Å². The summed E-state index contributed by atoms with van der Waals surface area (Å²) in [5.41, 5.74) is -12.1. The summed E-state index contributed by atoms with van der Waals surface area (Å²) in [7, 11) is 0.105. The topological polar surface area (TPSA) is 37.3 Å². The average molecular weight is 922 g/mol. The number of Topliss-reactive ketones (excluding diaryl/α,β-unsaturated/α-hetero) is 1. The molecule has 6 aromatic rings. The van der Waals surface area contributed by atoms with Crippen molar-refractivity contribution in [3.8, 4) is 0 Å². The first kappa shape index (κ1) is 47.3. The molecule has 6 aromatic carbocycles. The van der Waals surface area contributed by atoms with Crippen LogP contribution in [0, 0.1) is 111 Å². The Morgan fingerprint density at radius 3 is 1.08 bits per heavy atom. The molecule has 0 fully saturated rings. The smallest absolute Gasteiger partial charge is 0.212 e. The molecule has 0 atom stereocenters. The van der Waals surface area contributed by atoms with E-state index in [2.05, 4.69) is 12.5 Å². The van der Waals surface area contributed by atoms with Crippen LogP contribution in [-0.2, 0) is 17.5 Å². The van der Waals surface area contributed by atoms with Gasteiger partial charge in [-0.25, -0.2) is 83.4 Å². The maximum absolute atomic E-state index is 15.4. The number of benzene rings is 6. The molecule has 0 unspecified atom stereocenters. The number of hydrogen-bond donors (Lipinski definition) is 1. The average Bonchev–Trinajstić information content (AvgIpc) is 3.23. The molecule has 6 rings (SSSR count). The normalized spacial score (nSPS) is 11.7. The summed E-state index contributed by atoms with van der Waals surface area (Å²) in [6.45, 7) is 0.000907. The van der Waals surface area contributed by atoms with E-state index in [0.717, 1.165) is 21.9 Å². The maximum Gasteiger partial charge on any atom is 0.212 e. The Morgan fingerprint density at radius 2 is 0.758 bits per heavy atom. The molecule has 0 amide bonds. The van der Waals surface area contributed by atoms with Crippen LogP contribution >= 0.6 is 0 Å². The summed E-state index contributed by atoms with van der Waals surface area (Å²) < 4.78 is 280. The van der Waals surface area contributed by atoms with Crippen molar-refractivity contribution in [2.75, 3.05) is 18.3 Å². The zero-order chi connectivity index (χ0) is 46.6. The second-order valence-corrected chi connectivity index (χ2v) is 15.5. The Bertz CT molecular complexity index is 2550. The third-order valence-corrected chi connectivity index (χ3v) is 10.4. The van der Waals surface area contributed by atoms with Crippen molar-refractivity contribution < 1.29 is 93.3 Å². The number of hydrogen-bond acceptors (Lipinski definition) is 2. The Balaban J connectivity index is 0.000000335. The van der Waals surface area contributed by atoms with Gasteiger partial charge in [-0.15, -0.1) is 21.9 Å². The van der Waals surface area contributed by atoms with Gasteiger partial charge in [-0.2, -0.15) is 0 Å². The maximum atomic E-state index is 15.4. The van der Waals surface area contributed by atoms with E-state index >= 15 is 35.1 Å². The van der Waals surface area contributed by atoms with E-state index in [1.54, 1.807) is 0 Å². The molecule has 0 aliphatic heterocycles. The van der Waals surface area contributed by atoms with Gasteiger partial charge in [0.1, 0.15) is 52.7 Å². The molecule has 0 aromatic heterocycles. The van der Waals surface area contributed by atoms with Crippen LogP contribution in [-0.4, -0.2) is 35.3 Å². The minimum absolute atomic E-state index is 0.000907. The Kier molecular flexibility index (Phi) is 13.4. The van der Waals surface area contributed by atoms with Crippen molar-refractivity contribution in [3.05, 3.63) is 164 Å². The van der Waals surface area contributed by atoms with Crippen LogP contribution in [0.3, 0.4) is 0 Å². The highest BCUT2D eigenvalue weighted by molar-refractivity contribution is 7.96. The van der Waals surface area contributed by atoms with Crippen molar-refractivity contribution >= 4 is 55.4 Å². The van der Waals surface area contributed by atoms with E-state index < -0.39 is 145 Å². The highest BCUT2D eigenvalue weighted by Gasteiger charge is 2.52. The van der Waals surface area contributed by atoms with Gasteiger partial charge >= 0.3 is 0 Å². The molecule has 0 saturated carbocycles. The summed E-state index contributed by atoms with van der Waals surface area (Å²) in [6.07, 6.45) is -2.89. The molecular weight excluding hydrogens is 904 g/mol. The van der Waals surface area contributed by atoms with Gasteiger partial charge in [0.25, 0.3) is 0 Å². The Hall–Kier alpha value is -5.71. The molecule has 0 saturated heterocycles. The minimum atomic E-state index is -7.04. The first-order valence-electron chi connectivity index (χ1n) is 16.6. The van der Waals surface area contributed by atoms with Crippen LogP contribution in [0.25, 0.3) is 10.8 Å². The summed E-state index contributed by atoms with van der Waals surface area (Å²) in [4.78, 5) is 12.2. The van der Waals surface area contributed by atoms with Crippen LogP contribution in [0.2, 0.25) is 0 Å². The minimum Gasteiger partial charge on any atom is -0.392 e. The van der Waals surface area contributed by atoms with Gasteiger partial charge in [-0.05, 0) is 27.2 Å². The molecule has 23 heteroatoms. The molecule has 328 valence electrons. The number of halogens is 19. The molecule has 0 radical (unpaired) electrons. The fraction of sp³-hybridized carbons (Fsp3) is 0.103. The number of aliphatic hydroxyl groups is 1. The van der Waals surface area contributed by atoms with Crippen molar-refractivity contribution in [1.82, 2.24) is 0 Å². The monoisotopic (exact) mass is 922 g/mol. The first-order chi connectivity index (χ1) is 28.9. The predicted octanol–water partition coefficient (Wildman–Crippen LogP) is 8.10. The third-order valence-electron chi connectivity index (χ3n) is 9.51. The zero-order valence-electron chi connectivity index (χ0n) is 30.5. The summed E-state index contributed by atoms with van der Waals surface area (Å²) in [5, 5.41) is 11.2. The lowest BCUT2D eigenvalue weighted by Crippen LogP contribution is -2.81. The second-order valence-electron chi connectivity index (χ2n) is 13.2. The molecule has 0 aliphatic carbocycles. The van der Waals surface area contributed by atoms with Crippen molar-refractivity contribution in [1.29, 1.82) is 0 Å². The molecule has 62 heavy (non-hydrogen) atoms. The van der Waals surface area contributed by atoms with Crippen molar-refractivity contribution in [2.24, 2.45) is 0 Å². The lowest BCUT2D eigenvalue weighted by atomic mass is 9.12. The van der Waals surface area contributed by atoms with Gasteiger partial charge in [0.2, 0.25) is 5.78 Å². The van der Waals surface area contributed by atoms with E-state index in [4.69, 9.17) is 0 Å². The van der Waals surface area contributed by atoms with Gasteiger partial charge in [-0.1, -0.05) is 36.4 Å². The van der Waals surface area contributed by atoms with Crippen molar-refractivity contribution in [2.45, 2.75) is 6.61 Å². The second kappa shape index (κ2) is 17.6.